The van der Waals surface area contributed by atoms with Crippen LogP contribution in [-0.2, 0) is 37.2 Å². The zero-order valence-electron chi connectivity index (χ0n) is 13.2. The van der Waals surface area contributed by atoms with Crippen LogP contribution in [0.2, 0.25) is 0 Å². The molecule has 1 aliphatic heterocycles. The Labute approximate surface area is 138 Å². The summed E-state index contributed by atoms with van der Waals surface area (Å²) in [6.45, 7) is 1.11. The van der Waals surface area contributed by atoms with Crippen molar-refractivity contribution in [3.05, 3.63) is 33.0 Å². The Morgan fingerprint density at radius 2 is 2.39 bits per heavy atom. The van der Waals surface area contributed by atoms with Crippen molar-refractivity contribution in [2.24, 2.45) is 0 Å². The first kappa shape index (κ1) is 14.8. The second-order valence-electron chi connectivity index (χ2n) is 6.18. The van der Waals surface area contributed by atoms with Gasteiger partial charge in [0.05, 0.1) is 11.4 Å². The van der Waals surface area contributed by atoms with Crippen LogP contribution >= 0.6 is 11.3 Å². The summed E-state index contributed by atoms with van der Waals surface area (Å²) in [5, 5.41) is 7.60. The minimum absolute atomic E-state index is 0.0510. The highest BCUT2D eigenvalue weighted by Crippen LogP contribution is 2.30. The average Bonchev–Trinajstić information content (AvgIpc) is 3.19. The Morgan fingerprint density at radius 1 is 1.48 bits per heavy atom. The zero-order valence-corrected chi connectivity index (χ0v) is 14.0. The molecule has 4 rings (SSSR count). The average molecular weight is 332 g/mol. The van der Waals surface area contributed by atoms with Gasteiger partial charge in [0.1, 0.15) is 12.4 Å². The summed E-state index contributed by atoms with van der Waals surface area (Å²) in [5.41, 5.74) is 1.37. The summed E-state index contributed by atoms with van der Waals surface area (Å²) < 4.78 is 6.98. The van der Waals surface area contributed by atoms with Gasteiger partial charge in [-0.1, -0.05) is 0 Å². The molecule has 122 valence electrons. The number of hydrogen-bond donors (Lipinski definition) is 1. The summed E-state index contributed by atoms with van der Waals surface area (Å²) in [7, 11) is 1.64. The van der Waals surface area contributed by atoms with Crippen molar-refractivity contribution >= 4 is 17.2 Å². The number of nitrogens with one attached hydrogen (secondary N) is 1. The van der Waals surface area contributed by atoms with E-state index in [1.165, 1.54) is 16.9 Å². The lowest BCUT2D eigenvalue weighted by Crippen LogP contribution is -2.41. The van der Waals surface area contributed by atoms with E-state index in [-0.39, 0.29) is 11.9 Å². The van der Waals surface area contributed by atoms with Gasteiger partial charge in [0.25, 0.3) is 5.91 Å². The highest BCUT2D eigenvalue weighted by atomic mass is 32.1. The summed E-state index contributed by atoms with van der Waals surface area (Å²) >= 11 is 1.65. The Morgan fingerprint density at radius 3 is 3.22 bits per heavy atom. The van der Waals surface area contributed by atoms with Crippen LogP contribution in [0.25, 0.3) is 0 Å². The second-order valence-corrected chi connectivity index (χ2v) is 7.32. The molecular weight excluding hydrogens is 312 g/mol. The maximum Gasteiger partial charge on any atom is 0.261 e. The fourth-order valence-corrected chi connectivity index (χ4v) is 4.52. The Kier molecular flexibility index (Phi) is 3.90. The highest BCUT2D eigenvalue weighted by Gasteiger charge is 2.25. The van der Waals surface area contributed by atoms with Crippen molar-refractivity contribution in [3.63, 3.8) is 0 Å². The molecule has 0 spiro atoms. The van der Waals surface area contributed by atoms with Crippen LogP contribution in [-0.4, -0.2) is 33.8 Å². The Bertz CT molecular complexity index is 715. The number of amides is 1. The molecule has 1 amide bonds. The number of carbonyl (C=O) groups is 1. The predicted molar refractivity (Wildman–Crippen MR) is 86.7 cm³/mol. The van der Waals surface area contributed by atoms with Crippen molar-refractivity contribution in [1.29, 1.82) is 0 Å². The number of hydrogen-bond acceptors (Lipinski definition) is 5. The Balaban J connectivity index is 1.41. The maximum atomic E-state index is 12.5. The molecule has 0 fully saturated rings. The molecular formula is C16H20N4O2S. The second kappa shape index (κ2) is 6.05. The number of ether oxygens (including phenoxy) is 1. The van der Waals surface area contributed by atoms with Crippen LogP contribution < -0.4 is 5.32 Å². The van der Waals surface area contributed by atoms with Crippen molar-refractivity contribution in [1.82, 2.24) is 20.1 Å². The molecule has 0 unspecified atom stereocenters. The molecule has 1 N–H and O–H groups in total. The van der Waals surface area contributed by atoms with Gasteiger partial charge >= 0.3 is 0 Å². The summed E-state index contributed by atoms with van der Waals surface area (Å²) in [6.07, 6.45) is 5.21. The van der Waals surface area contributed by atoms with E-state index in [0.717, 1.165) is 36.4 Å². The van der Waals surface area contributed by atoms with Crippen molar-refractivity contribution in [3.8, 4) is 0 Å². The number of methoxy groups -OCH3 is 1. The lowest BCUT2D eigenvalue weighted by atomic mass is 10.1. The van der Waals surface area contributed by atoms with E-state index < -0.39 is 0 Å². The number of carbonyl (C=O) groups excluding carboxylic acids is 1. The first-order valence-electron chi connectivity index (χ1n) is 8.07. The van der Waals surface area contributed by atoms with Gasteiger partial charge < -0.3 is 10.1 Å². The van der Waals surface area contributed by atoms with Crippen LogP contribution in [0.4, 0.5) is 0 Å². The summed E-state index contributed by atoms with van der Waals surface area (Å²) in [6, 6.07) is 2.19. The van der Waals surface area contributed by atoms with E-state index in [0.29, 0.717) is 19.0 Å². The van der Waals surface area contributed by atoms with Crippen LogP contribution in [0.3, 0.4) is 0 Å². The molecule has 0 bridgehead atoms. The predicted octanol–water partition coefficient (Wildman–Crippen LogP) is 1.72. The minimum atomic E-state index is 0.0510. The molecule has 23 heavy (non-hydrogen) atoms. The topological polar surface area (TPSA) is 69.0 Å². The SMILES string of the molecule is COCc1nc2n(n1)C[C@H](NC(=O)c1cc3c(s1)CCC3)CC2. The number of nitrogens with zero attached hydrogens (tertiary/aromatic N) is 3. The van der Waals surface area contributed by atoms with Gasteiger partial charge in [0, 0.05) is 24.4 Å². The van der Waals surface area contributed by atoms with Gasteiger partial charge in [0.2, 0.25) is 0 Å². The molecule has 2 aromatic heterocycles. The zero-order chi connectivity index (χ0) is 15.8. The molecule has 0 radical (unpaired) electrons. The van der Waals surface area contributed by atoms with Gasteiger partial charge in [-0.3, -0.25) is 4.79 Å². The van der Waals surface area contributed by atoms with Gasteiger partial charge in [-0.15, -0.1) is 11.3 Å². The van der Waals surface area contributed by atoms with Gasteiger partial charge in [0.15, 0.2) is 5.82 Å². The Hall–Kier alpha value is -1.73. The minimum Gasteiger partial charge on any atom is -0.377 e. The van der Waals surface area contributed by atoms with Crippen molar-refractivity contribution in [2.75, 3.05) is 7.11 Å². The molecule has 1 aliphatic carbocycles. The molecule has 2 aromatic rings. The van der Waals surface area contributed by atoms with Crippen LogP contribution in [0.5, 0.6) is 0 Å². The normalized spacial score (nSPS) is 19.4. The smallest absolute Gasteiger partial charge is 0.261 e. The summed E-state index contributed by atoms with van der Waals surface area (Å²) in [4.78, 5) is 19.2. The van der Waals surface area contributed by atoms with Gasteiger partial charge in [-0.2, -0.15) is 5.10 Å². The molecule has 0 saturated heterocycles. The van der Waals surface area contributed by atoms with E-state index in [1.807, 2.05) is 4.68 Å². The van der Waals surface area contributed by atoms with Gasteiger partial charge in [-0.25, -0.2) is 9.67 Å². The largest absolute Gasteiger partial charge is 0.377 e. The van der Waals surface area contributed by atoms with E-state index in [9.17, 15) is 4.79 Å². The van der Waals surface area contributed by atoms with E-state index in [2.05, 4.69) is 21.5 Å². The molecule has 0 saturated carbocycles. The lowest BCUT2D eigenvalue weighted by Gasteiger charge is -2.23. The third kappa shape index (κ3) is 2.90. The lowest BCUT2D eigenvalue weighted by molar-refractivity contribution is 0.0930. The van der Waals surface area contributed by atoms with Crippen LogP contribution in [0.1, 0.15) is 44.6 Å². The first-order chi connectivity index (χ1) is 11.2. The van der Waals surface area contributed by atoms with Crippen molar-refractivity contribution in [2.45, 2.75) is 51.3 Å². The fourth-order valence-electron chi connectivity index (χ4n) is 3.37. The molecule has 1 atom stereocenters. The number of aryl methyl sites for hydroxylation is 3. The number of aromatic nitrogens is 3. The first-order valence-corrected chi connectivity index (χ1v) is 8.88. The molecule has 0 aromatic carbocycles. The van der Waals surface area contributed by atoms with E-state index >= 15 is 0 Å². The summed E-state index contributed by atoms with van der Waals surface area (Å²) in [5.74, 6) is 1.75. The standard InChI is InChI=1S/C16H20N4O2S/c1-22-9-14-18-15-6-5-11(8-20(15)19-14)17-16(21)13-7-10-3-2-4-12(10)23-13/h7,11H,2-6,8-9H2,1H3,(H,17,21)/t11-/m1/s1. The number of fused-ring (bicyclic) bond motifs is 2. The quantitative estimate of drug-likeness (QED) is 0.925. The van der Waals surface area contributed by atoms with Crippen molar-refractivity contribution < 1.29 is 9.53 Å². The molecule has 6 nitrogen and oxygen atoms in total. The van der Waals surface area contributed by atoms with Crippen LogP contribution in [0, 0.1) is 0 Å². The number of rotatable bonds is 4. The number of thiophene rings is 1. The van der Waals surface area contributed by atoms with E-state index in [1.54, 1.807) is 18.4 Å². The van der Waals surface area contributed by atoms with E-state index in [4.69, 9.17) is 4.74 Å². The highest BCUT2D eigenvalue weighted by molar-refractivity contribution is 7.14. The monoisotopic (exact) mass is 332 g/mol. The fraction of sp³-hybridized carbons (Fsp3) is 0.562. The molecule has 7 heteroatoms. The molecule has 2 aliphatic rings. The third-order valence-corrected chi connectivity index (χ3v) is 5.72. The molecule has 3 heterocycles. The van der Waals surface area contributed by atoms with Gasteiger partial charge in [-0.05, 0) is 37.3 Å². The third-order valence-electron chi connectivity index (χ3n) is 4.48. The maximum absolute atomic E-state index is 12.5. The van der Waals surface area contributed by atoms with Crippen LogP contribution in [0.15, 0.2) is 6.07 Å².